The van der Waals surface area contributed by atoms with Crippen molar-refractivity contribution in [3.8, 4) is 17.6 Å². The van der Waals surface area contributed by atoms with E-state index < -0.39 is 0 Å². The van der Waals surface area contributed by atoms with Crippen molar-refractivity contribution in [1.82, 2.24) is 0 Å². The molecule has 0 radical (unpaired) electrons. The molecule has 1 rings (SSSR count). The van der Waals surface area contributed by atoms with Gasteiger partial charge in [0.05, 0.1) is 18.2 Å². The SMILES string of the molecule is COc1cc(C(C)=O)c(O)cc1C#N. The van der Waals surface area contributed by atoms with Gasteiger partial charge in [-0.2, -0.15) is 5.26 Å². The van der Waals surface area contributed by atoms with Crippen LogP contribution in [0.5, 0.6) is 11.5 Å². The van der Waals surface area contributed by atoms with Crippen molar-refractivity contribution in [3.63, 3.8) is 0 Å². The molecular formula is C10H9NO3. The molecule has 0 heterocycles. The Morgan fingerprint density at radius 2 is 2.21 bits per heavy atom. The van der Waals surface area contributed by atoms with Crippen LogP contribution in [0.15, 0.2) is 12.1 Å². The summed E-state index contributed by atoms with van der Waals surface area (Å²) in [7, 11) is 1.40. The molecule has 0 aromatic heterocycles. The van der Waals surface area contributed by atoms with E-state index in [-0.39, 0.29) is 28.4 Å². The number of carbonyl (C=O) groups is 1. The fourth-order valence-electron chi connectivity index (χ4n) is 1.11. The first-order chi connectivity index (χ1) is 6.60. The Bertz CT molecular complexity index is 418. The molecule has 1 aromatic rings. The topological polar surface area (TPSA) is 70.3 Å². The zero-order valence-corrected chi connectivity index (χ0v) is 7.87. The van der Waals surface area contributed by atoms with Crippen molar-refractivity contribution in [3.05, 3.63) is 23.3 Å². The summed E-state index contributed by atoms with van der Waals surface area (Å²) in [5.41, 5.74) is 0.357. The number of phenols is 1. The lowest BCUT2D eigenvalue weighted by Crippen LogP contribution is -1.96. The van der Waals surface area contributed by atoms with Gasteiger partial charge in [-0.1, -0.05) is 0 Å². The molecule has 1 aromatic carbocycles. The van der Waals surface area contributed by atoms with Crippen molar-refractivity contribution in [2.45, 2.75) is 6.92 Å². The first-order valence-corrected chi connectivity index (χ1v) is 3.92. The summed E-state index contributed by atoms with van der Waals surface area (Å²) in [4.78, 5) is 11.0. The number of hydrogen-bond acceptors (Lipinski definition) is 4. The minimum Gasteiger partial charge on any atom is -0.507 e. The van der Waals surface area contributed by atoms with Gasteiger partial charge in [0, 0.05) is 6.07 Å². The maximum atomic E-state index is 11.0. The molecule has 0 saturated heterocycles. The Labute approximate surface area is 81.4 Å². The molecule has 14 heavy (non-hydrogen) atoms. The van der Waals surface area contributed by atoms with E-state index in [1.54, 1.807) is 0 Å². The number of benzene rings is 1. The number of ether oxygens (including phenoxy) is 1. The summed E-state index contributed by atoms with van der Waals surface area (Å²) in [5, 5.41) is 18.1. The summed E-state index contributed by atoms with van der Waals surface area (Å²) < 4.78 is 4.90. The van der Waals surface area contributed by atoms with Crippen LogP contribution in [0.1, 0.15) is 22.8 Å². The highest BCUT2D eigenvalue weighted by molar-refractivity contribution is 5.97. The normalized spacial score (nSPS) is 9.21. The summed E-state index contributed by atoms with van der Waals surface area (Å²) in [5.74, 6) is -0.185. The van der Waals surface area contributed by atoms with Gasteiger partial charge in [0.15, 0.2) is 5.78 Å². The second-order valence-corrected chi connectivity index (χ2v) is 2.74. The number of carbonyl (C=O) groups excluding carboxylic acids is 1. The molecule has 0 aliphatic carbocycles. The van der Waals surface area contributed by atoms with E-state index in [1.165, 1.54) is 26.2 Å². The molecule has 0 atom stereocenters. The molecule has 72 valence electrons. The van der Waals surface area contributed by atoms with E-state index in [0.717, 1.165) is 0 Å². The lowest BCUT2D eigenvalue weighted by Gasteiger charge is -2.06. The first kappa shape index (κ1) is 10.1. The molecule has 4 nitrogen and oxygen atoms in total. The second kappa shape index (κ2) is 3.79. The highest BCUT2D eigenvalue weighted by Crippen LogP contribution is 2.27. The van der Waals surface area contributed by atoms with E-state index in [0.29, 0.717) is 0 Å². The van der Waals surface area contributed by atoms with E-state index in [2.05, 4.69) is 0 Å². The lowest BCUT2D eigenvalue weighted by atomic mass is 10.1. The smallest absolute Gasteiger partial charge is 0.163 e. The van der Waals surface area contributed by atoms with E-state index in [4.69, 9.17) is 10.00 Å². The van der Waals surface area contributed by atoms with Crippen LogP contribution < -0.4 is 4.74 Å². The van der Waals surface area contributed by atoms with Gasteiger partial charge in [-0.3, -0.25) is 4.79 Å². The predicted molar refractivity (Wildman–Crippen MR) is 49.4 cm³/mol. The molecule has 0 amide bonds. The largest absolute Gasteiger partial charge is 0.507 e. The zero-order valence-electron chi connectivity index (χ0n) is 7.87. The van der Waals surface area contributed by atoms with Crippen LogP contribution in [0.25, 0.3) is 0 Å². The van der Waals surface area contributed by atoms with E-state index in [1.807, 2.05) is 6.07 Å². The third-order valence-corrected chi connectivity index (χ3v) is 1.82. The molecular weight excluding hydrogens is 182 g/mol. The van der Waals surface area contributed by atoms with Crippen molar-refractivity contribution in [1.29, 1.82) is 5.26 Å². The van der Waals surface area contributed by atoms with E-state index in [9.17, 15) is 9.90 Å². The molecule has 0 bridgehead atoms. The predicted octanol–water partition coefficient (Wildman–Crippen LogP) is 1.48. The van der Waals surface area contributed by atoms with Crippen LogP contribution in [0.4, 0.5) is 0 Å². The maximum Gasteiger partial charge on any atom is 0.163 e. The lowest BCUT2D eigenvalue weighted by molar-refractivity contribution is 0.101. The average molecular weight is 191 g/mol. The Hall–Kier alpha value is -2.02. The van der Waals surface area contributed by atoms with Crippen molar-refractivity contribution >= 4 is 5.78 Å². The number of phenolic OH excluding ortho intramolecular Hbond substituents is 1. The molecule has 0 spiro atoms. The van der Waals surface area contributed by atoms with E-state index >= 15 is 0 Å². The maximum absolute atomic E-state index is 11.0. The number of ketones is 1. The van der Waals surface area contributed by atoms with Crippen LogP contribution >= 0.6 is 0 Å². The molecule has 0 aliphatic rings. The number of aromatic hydroxyl groups is 1. The minimum absolute atomic E-state index is 0.154. The molecule has 0 saturated carbocycles. The van der Waals surface area contributed by atoms with Gasteiger partial charge in [-0.25, -0.2) is 0 Å². The van der Waals surface area contributed by atoms with Gasteiger partial charge in [-0.15, -0.1) is 0 Å². The monoisotopic (exact) mass is 191 g/mol. The van der Waals surface area contributed by atoms with Gasteiger partial charge in [0.1, 0.15) is 17.6 Å². The highest BCUT2D eigenvalue weighted by atomic mass is 16.5. The summed E-state index contributed by atoms with van der Waals surface area (Å²) in [6.07, 6.45) is 0. The van der Waals surface area contributed by atoms with Crippen LogP contribution in [0.3, 0.4) is 0 Å². The number of rotatable bonds is 2. The molecule has 0 fully saturated rings. The Balaban J connectivity index is 3.39. The fraction of sp³-hybridized carbons (Fsp3) is 0.200. The minimum atomic E-state index is -0.273. The Morgan fingerprint density at radius 3 is 2.64 bits per heavy atom. The van der Waals surface area contributed by atoms with Crippen LogP contribution in [-0.4, -0.2) is 18.0 Å². The summed E-state index contributed by atoms with van der Waals surface area (Å²) in [6.45, 7) is 1.33. The number of nitriles is 1. The zero-order chi connectivity index (χ0) is 10.7. The number of hydrogen-bond donors (Lipinski definition) is 1. The van der Waals surface area contributed by atoms with Crippen LogP contribution in [-0.2, 0) is 0 Å². The van der Waals surface area contributed by atoms with Gasteiger partial charge in [0.2, 0.25) is 0 Å². The third kappa shape index (κ3) is 1.67. The van der Waals surface area contributed by atoms with Crippen molar-refractivity contribution < 1.29 is 14.6 Å². The Kier molecular flexibility index (Phi) is 2.73. The quantitative estimate of drug-likeness (QED) is 0.718. The van der Waals surface area contributed by atoms with Gasteiger partial charge in [-0.05, 0) is 13.0 Å². The van der Waals surface area contributed by atoms with Crippen LogP contribution in [0.2, 0.25) is 0 Å². The second-order valence-electron chi connectivity index (χ2n) is 2.74. The Morgan fingerprint density at radius 1 is 1.57 bits per heavy atom. The number of methoxy groups -OCH3 is 1. The van der Waals surface area contributed by atoms with Crippen molar-refractivity contribution in [2.24, 2.45) is 0 Å². The standard InChI is InChI=1S/C10H9NO3/c1-6(12)8-4-10(14-2)7(5-11)3-9(8)13/h3-4,13H,1-2H3. The van der Waals surface area contributed by atoms with Gasteiger partial charge in [0.25, 0.3) is 0 Å². The molecule has 0 unspecified atom stereocenters. The number of Topliss-reactive ketones (excluding diaryl/α,β-unsaturated/α-hetero) is 1. The summed E-state index contributed by atoms with van der Waals surface area (Å²) >= 11 is 0. The molecule has 0 aliphatic heterocycles. The third-order valence-electron chi connectivity index (χ3n) is 1.82. The number of nitrogens with zero attached hydrogens (tertiary/aromatic N) is 1. The molecule has 1 N–H and O–H groups in total. The molecule has 4 heteroatoms. The fourth-order valence-corrected chi connectivity index (χ4v) is 1.11. The highest BCUT2D eigenvalue weighted by Gasteiger charge is 2.12. The summed E-state index contributed by atoms with van der Waals surface area (Å²) in [6, 6.07) is 4.43. The van der Waals surface area contributed by atoms with Crippen molar-refractivity contribution in [2.75, 3.05) is 7.11 Å². The van der Waals surface area contributed by atoms with Gasteiger partial charge < -0.3 is 9.84 Å². The van der Waals surface area contributed by atoms with Gasteiger partial charge >= 0.3 is 0 Å². The van der Waals surface area contributed by atoms with Crippen LogP contribution in [0, 0.1) is 11.3 Å². The average Bonchev–Trinajstić information content (AvgIpc) is 2.16. The first-order valence-electron chi connectivity index (χ1n) is 3.92.